The summed E-state index contributed by atoms with van der Waals surface area (Å²) >= 11 is 6.69. The molecule has 6 atom stereocenters. The summed E-state index contributed by atoms with van der Waals surface area (Å²) in [5.41, 5.74) is -0.565. The summed E-state index contributed by atoms with van der Waals surface area (Å²) < 4.78 is 38.7. The van der Waals surface area contributed by atoms with Crippen LogP contribution in [0.1, 0.15) is 43.7 Å². The second kappa shape index (κ2) is 5.86. The zero-order valence-corrected chi connectivity index (χ0v) is 14.9. The lowest BCUT2D eigenvalue weighted by atomic mass is 9.47. The van der Waals surface area contributed by atoms with Gasteiger partial charge in [0.15, 0.2) is 0 Å². The summed E-state index contributed by atoms with van der Waals surface area (Å²) in [5, 5.41) is 13.5. The molecule has 2 N–H and O–H groups in total. The Balaban J connectivity index is 1.71. The Hall–Kier alpha value is -1.27. The van der Waals surface area contributed by atoms with Crippen LogP contribution in [-0.4, -0.2) is 27.7 Å². The van der Waals surface area contributed by atoms with Crippen molar-refractivity contribution in [3.8, 4) is 0 Å². The molecule has 1 amide bonds. The van der Waals surface area contributed by atoms with Crippen molar-refractivity contribution in [1.82, 2.24) is 5.32 Å². The van der Waals surface area contributed by atoms with E-state index < -0.39 is 34.5 Å². The van der Waals surface area contributed by atoms with E-state index in [1.165, 1.54) is 0 Å². The van der Waals surface area contributed by atoms with Crippen LogP contribution >= 0.6 is 11.6 Å². The van der Waals surface area contributed by atoms with Gasteiger partial charge in [0.2, 0.25) is 0 Å². The van der Waals surface area contributed by atoms with E-state index in [-0.39, 0.29) is 5.92 Å². The van der Waals surface area contributed by atoms with Crippen LogP contribution in [0.15, 0.2) is 30.3 Å². The number of rotatable bonds is 3. The highest BCUT2D eigenvalue weighted by molar-refractivity contribution is 6.24. The summed E-state index contributed by atoms with van der Waals surface area (Å²) in [6.07, 6.45) is -1.70. The molecule has 4 fully saturated rings. The maximum absolute atomic E-state index is 12.9. The van der Waals surface area contributed by atoms with Gasteiger partial charge in [0.05, 0.1) is 11.6 Å². The first-order valence-electron chi connectivity index (χ1n) is 8.94. The van der Waals surface area contributed by atoms with Gasteiger partial charge in [-0.1, -0.05) is 30.3 Å². The first-order valence-corrected chi connectivity index (χ1v) is 9.31. The maximum atomic E-state index is 12.9. The van der Waals surface area contributed by atoms with Crippen molar-refractivity contribution in [1.29, 1.82) is 0 Å². The average Bonchev–Trinajstić information content (AvgIpc) is 2.50. The Morgan fingerprint density at radius 2 is 1.92 bits per heavy atom. The van der Waals surface area contributed by atoms with Gasteiger partial charge in [-0.05, 0) is 49.5 Å². The van der Waals surface area contributed by atoms with Gasteiger partial charge in [-0.3, -0.25) is 4.79 Å². The Morgan fingerprint density at radius 3 is 2.50 bits per heavy atom. The van der Waals surface area contributed by atoms with Crippen LogP contribution in [0.2, 0.25) is 0 Å². The maximum Gasteiger partial charge on any atom is 0.471 e. The molecule has 0 radical (unpaired) electrons. The van der Waals surface area contributed by atoms with E-state index in [0.29, 0.717) is 30.7 Å². The minimum Gasteiger partial charge on any atom is -0.389 e. The third kappa shape index (κ3) is 3.01. The second-order valence-corrected chi connectivity index (χ2v) is 9.09. The van der Waals surface area contributed by atoms with E-state index in [1.54, 1.807) is 30.3 Å². The number of carbonyl (C=O) groups is 1. The number of halogens is 4. The molecule has 7 heteroatoms. The highest BCUT2D eigenvalue weighted by atomic mass is 35.5. The van der Waals surface area contributed by atoms with Crippen molar-refractivity contribution < 1.29 is 23.1 Å². The van der Waals surface area contributed by atoms with E-state index in [4.69, 9.17) is 11.6 Å². The minimum absolute atomic E-state index is 0.00232. The van der Waals surface area contributed by atoms with Gasteiger partial charge in [0.25, 0.3) is 0 Å². The first kappa shape index (κ1) is 18.1. The molecule has 5 rings (SSSR count). The number of amides is 1. The number of carbonyl (C=O) groups excluding carboxylic acids is 1. The highest BCUT2D eigenvalue weighted by Gasteiger charge is 2.63. The summed E-state index contributed by atoms with van der Waals surface area (Å²) in [4.78, 5) is 11.2. The summed E-state index contributed by atoms with van der Waals surface area (Å²) in [7, 11) is 0. The zero-order chi connectivity index (χ0) is 18.7. The SMILES string of the molecule is O=C(NC(c1ccccc1)[C@@H]1[C@@H]2C[C@H]3C[C@@](Cl)(C2)C[C@]1(O)C3)C(F)(F)F. The fraction of sp³-hybridized carbons (Fsp3) is 0.632. The normalized spacial score (nSPS) is 39.7. The third-order valence-corrected chi connectivity index (χ3v) is 6.82. The number of benzene rings is 1. The van der Waals surface area contributed by atoms with Crippen molar-refractivity contribution in [3.63, 3.8) is 0 Å². The Kier molecular flexibility index (Phi) is 4.08. The van der Waals surface area contributed by atoms with Crippen LogP contribution in [0, 0.1) is 17.8 Å². The molecule has 0 aliphatic heterocycles. The molecule has 4 saturated carbocycles. The first-order chi connectivity index (χ1) is 12.1. The molecule has 1 aromatic carbocycles. The van der Waals surface area contributed by atoms with Crippen LogP contribution in [0.5, 0.6) is 0 Å². The van der Waals surface area contributed by atoms with Gasteiger partial charge >= 0.3 is 12.1 Å². The lowest BCUT2D eigenvalue weighted by Gasteiger charge is -2.63. The van der Waals surface area contributed by atoms with Gasteiger partial charge in [-0.25, -0.2) is 0 Å². The van der Waals surface area contributed by atoms with E-state index in [0.717, 1.165) is 12.8 Å². The lowest BCUT2D eigenvalue weighted by Crippen LogP contribution is -2.65. The Morgan fingerprint density at radius 1 is 1.23 bits per heavy atom. The standard InChI is InChI=1S/C19H21ClF3NO2/c20-17-7-11-6-13(9-17)14(18(26,8-11)10-17)15(12-4-2-1-3-5-12)24-16(25)19(21,22)23/h1-5,11,13-15,26H,6-10H2,(H,24,25)/t11-,13+,14-,15?,17+,18+/m0/s1. The molecule has 0 saturated heterocycles. The van der Waals surface area contributed by atoms with Crippen LogP contribution in [0.25, 0.3) is 0 Å². The average molecular weight is 388 g/mol. The number of nitrogens with one attached hydrogen (secondary N) is 1. The van der Waals surface area contributed by atoms with Gasteiger partial charge in [-0.15, -0.1) is 11.6 Å². The van der Waals surface area contributed by atoms with Gasteiger partial charge < -0.3 is 10.4 Å². The number of aliphatic hydroxyl groups is 1. The van der Waals surface area contributed by atoms with Gasteiger partial charge in [0, 0.05) is 10.8 Å². The summed E-state index contributed by atoms with van der Waals surface area (Å²) in [5.74, 6) is -2.14. The van der Waals surface area contributed by atoms with Crippen LogP contribution in [0.3, 0.4) is 0 Å². The van der Waals surface area contributed by atoms with Crippen LogP contribution in [-0.2, 0) is 4.79 Å². The minimum atomic E-state index is -4.96. The molecule has 0 heterocycles. The van der Waals surface area contributed by atoms with Crippen LogP contribution in [0.4, 0.5) is 13.2 Å². The smallest absolute Gasteiger partial charge is 0.389 e. The van der Waals surface area contributed by atoms with Crippen molar-refractivity contribution in [2.24, 2.45) is 17.8 Å². The van der Waals surface area contributed by atoms with Crippen LogP contribution < -0.4 is 5.32 Å². The fourth-order valence-corrected chi connectivity index (χ4v) is 6.55. The molecule has 3 nitrogen and oxygen atoms in total. The largest absolute Gasteiger partial charge is 0.471 e. The van der Waals surface area contributed by atoms with E-state index in [2.05, 4.69) is 5.32 Å². The third-order valence-electron chi connectivity index (χ3n) is 6.37. The second-order valence-electron chi connectivity index (χ2n) is 8.29. The number of hydrogen-bond acceptors (Lipinski definition) is 2. The predicted molar refractivity (Wildman–Crippen MR) is 90.5 cm³/mol. The molecular formula is C19H21ClF3NO2. The summed E-state index contributed by atoms with van der Waals surface area (Å²) in [6, 6.07) is 7.74. The predicted octanol–water partition coefficient (Wildman–Crippen LogP) is 3.95. The monoisotopic (exact) mass is 387 g/mol. The molecule has 4 bridgehead atoms. The molecule has 26 heavy (non-hydrogen) atoms. The topological polar surface area (TPSA) is 49.3 Å². The molecule has 0 aromatic heterocycles. The lowest BCUT2D eigenvalue weighted by molar-refractivity contribution is -0.187. The van der Waals surface area contributed by atoms with E-state index >= 15 is 0 Å². The zero-order valence-electron chi connectivity index (χ0n) is 14.1. The van der Waals surface area contributed by atoms with Crippen molar-refractivity contribution in [2.45, 2.75) is 54.8 Å². The molecule has 1 unspecified atom stereocenters. The molecule has 4 aliphatic carbocycles. The van der Waals surface area contributed by atoms with E-state index in [1.807, 2.05) is 0 Å². The Labute approximate surface area is 154 Å². The molecule has 0 spiro atoms. The number of hydrogen-bond donors (Lipinski definition) is 2. The van der Waals surface area contributed by atoms with Gasteiger partial charge in [-0.2, -0.15) is 13.2 Å². The highest BCUT2D eigenvalue weighted by Crippen LogP contribution is 2.64. The quantitative estimate of drug-likeness (QED) is 0.771. The van der Waals surface area contributed by atoms with Crippen molar-refractivity contribution >= 4 is 17.5 Å². The van der Waals surface area contributed by atoms with Crippen molar-refractivity contribution in [3.05, 3.63) is 35.9 Å². The molecule has 1 aromatic rings. The molecular weight excluding hydrogens is 367 g/mol. The number of alkyl halides is 4. The fourth-order valence-electron chi connectivity index (χ4n) is 5.90. The molecule has 142 valence electrons. The Bertz CT molecular complexity index is 712. The van der Waals surface area contributed by atoms with E-state index in [9.17, 15) is 23.1 Å². The van der Waals surface area contributed by atoms with Crippen molar-refractivity contribution in [2.75, 3.05) is 0 Å². The van der Waals surface area contributed by atoms with Gasteiger partial charge in [0.1, 0.15) is 0 Å². The summed E-state index contributed by atoms with van der Waals surface area (Å²) in [6.45, 7) is 0. The molecule has 4 aliphatic rings.